The molecule has 1 aromatic heterocycles. The number of esters is 1. The smallest absolute Gasteiger partial charge is 0.379 e. The van der Waals surface area contributed by atoms with E-state index in [0.29, 0.717) is 12.2 Å². The van der Waals surface area contributed by atoms with Crippen molar-refractivity contribution in [3.05, 3.63) is 53.7 Å². The van der Waals surface area contributed by atoms with Gasteiger partial charge >= 0.3 is 5.97 Å². The Hall–Kier alpha value is -2.10. The molecule has 2 aromatic rings. The lowest BCUT2D eigenvalue weighted by atomic mass is 10.3. The summed E-state index contributed by atoms with van der Waals surface area (Å²) in [5.74, 6) is -0.625. The van der Waals surface area contributed by atoms with Gasteiger partial charge in [-0.1, -0.05) is 19.1 Å². The molecule has 0 fully saturated rings. The van der Waals surface area contributed by atoms with Crippen LogP contribution in [0.15, 0.2) is 40.8 Å². The first-order chi connectivity index (χ1) is 8.20. The van der Waals surface area contributed by atoms with Gasteiger partial charge in [-0.3, -0.25) is 0 Å². The Balaban J connectivity index is 2.14. The number of hydrogen-bond acceptors (Lipinski definition) is 3. The Morgan fingerprint density at radius 3 is 2.71 bits per heavy atom. The van der Waals surface area contributed by atoms with Crippen LogP contribution in [0.4, 0.5) is 4.39 Å². The molecular weight excluding hydrogens is 223 g/mol. The van der Waals surface area contributed by atoms with Crippen molar-refractivity contribution in [2.45, 2.75) is 13.3 Å². The summed E-state index contributed by atoms with van der Waals surface area (Å²) >= 11 is 0. The molecule has 1 heterocycles. The van der Waals surface area contributed by atoms with Gasteiger partial charge in [-0.05, 0) is 24.3 Å². The predicted octanol–water partition coefficient (Wildman–Crippen LogP) is 3.20. The zero-order chi connectivity index (χ0) is 12.3. The summed E-state index contributed by atoms with van der Waals surface area (Å²) < 4.78 is 23.3. The van der Waals surface area contributed by atoms with Gasteiger partial charge in [-0.2, -0.15) is 0 Å². The summed E-state index contributed by atoms with van der Waals surface area (Å²) in [7, 11) is 0. The van der Waals surface area contributed by atoms with Gasteiger partial charge in [0.1, 0.15) is 5.76 Å². The number of carbonyl (C=O) groups excluding carboxylic acids is 1. The monoisotopic (exact) mass is 234 g/mol. The maximum atomic E-state index is 13.2. The third kappa shape index (κ3) is 2.53. The van der Waals surface area contributed by atoms with Crippen molar-refractivity contribution in [3.63, 3.8) is 0 Å². The number of ether oxygens (including phenoxy) is 1. The van der Waals surface area contributed by atoms with Gasteiger partial charge in [-0.25, -0.2) is 9.18 Å². The van der Waals surface area contributed by atoms with Gasteiger partial charge in [0.15, 0.2) is 11.6 Å². The normalized spacial score (nSPS) is 10.2. The Labute approximate surface area is 97.8 Å². The van der Waals surface area contributed by atoms with Crippen LogP contribution in [0.1, 0.15) is 23.2 Å². The van der Waals surface area contributed by atoms with E-state index in [1.807, 2.05) is 6.92 Å². The molecule has 0 amide bonds. The highest BCUT2D eigenvalue weighted by atomic mass is 19.1. The van der Waals surface area contributed by atoms with Crippen LogP contribution in [-0.2, 0) is 6.42 Å². The summed E-state index contributed by atoms with van der Waals surface area (Å²) in [4.78, 5) is 11.6. The summed E-state index contributed by atoms with van der Waals surface area (Å²) in [6.45, 7) is 1.91. The van der Waals surface area contributed by atoms with Crippen LogP contribution in [0, 0.1) is 5.82 Å². The Bertz CT molecular complexity index is 531. The van der Waals surface area contributed by atoms with Crippen LogP contribution >= 0.6 is 0 Å². The molecule has 0 aliphatic heterocycles. The third-order valence-electron chi connectivity index (χ3n) is 2.25. The fourth-order valence-electron chi connectivity index (χ4n) is 1.36. The van der Waals surface area contributed by atoms with Crippen molar-refractivity contribution in [2.24, 2.45) is 0 Å². The second-order valence-corrected chi connectivity index (χ2v) is 3.44. The highest BCUT2D eigenvalue weighted by molar-refractivity contribution is 5.88. The molecule has 88 valence electrons. The lowest BCUT2D eigenvalue weighted by Crippen LogP contribution is -2.08. The van der Waals surface area contributed by atoms with Gasteiger partial charge in [0.05, 0.1) is 0 Å². The van der Waals surface area contributed by atoms with Crippen LogP contribution < -0.4 is 4.74 Å². The second-order valence-electron chi connectivity index (χ2n) is 3.44. The fourth-order valence-corrected chi connectivity index (χ4v) is 1.36. The SMILES string of the molecule is CCc1ccc(C(=O)Oc2ccccc2F)o1. The van der Waals surface area contributed by atoms with Crippen molar-refractivity contribution in [1.29, 1.82) is 0 Å². The van der Waals surface area contributed by atoms with Crippen LogP contribution in [0.3, 0.4) is 0 Å². The molecule has 1 aromatic carbocycles. The molecule has 0 saturated carbocycles. The molecule has 0 bridgehead atoms. The molecule has 0 aliphatic carbocycles. The second kappa shape index (κ2) is 4.82. The van der Waals surface area contributed by atoms with Crippen LogP contribution in [-0.4, -0.2) is 5.97 Å². The lowest BCUT2D eigenvalue weighted by Gasteiger charge is -2.02. The molecule has 0 saturated heterocycles. The molecule has 0 atom stereocenters. The highest BCUT2D eigenvalue weighted by Crippen LogP contribution is 2.18. The first-order valence-electron chi connectivity index (χ1n) is 5.26. The molecule has 17 heavy (non-hydrogen) atoms. The minimum atomic E-state index is -0.699. The summed E-state index contributed by atoms with van der Waals surface area (Å²) in [6, 6.07) is 8.93. The van der Waals surface area contributed by atoms with E-state index in [0.717, 1.165) is 0 Å². The van der Waals surface area contributed by atoms with Crippen molar-refractivity contribution in [2.75, 3.05) is 0 Å². The molecule has 0 unspecified atom stereocenters. The molecule has 2 rings (SSSR count). The van der Waals surface area contributed by atoms with E-state index >= 15 is 0 Å². The third-order valence-corrected chi connectivity index (χ3v) is 2.25. The summed E-state index contributed by atoms with van der Waals surface area (Å²) in [5, 5.41) is 0. The van der Waals surface area contributed by atoms with E-state index in [1.54, 1.807) is 12.1 Å². The lowest BCUT2D eigenvalue weighted by molar-refractivity contribution is 0.0692. The minimum Gasteiger partial charge on any atom is -0.454 e. The van der Waals surface area contributed by atoms with Crippen LogP contribution in [0.5, 0.6) is 5.75 Å². The Morgan fingerprint density at radius 2 is 2.06 bits per heavy atom. The maximum Gasteiger partial charge on any atom is 0.379 e. The fraction of sp³-hybridized carbons (Fsp3) is 0.154. The van der Waals surface area contributed by atoms with Crippen molar-refractivity contribution >= 4 is 5.97 Å². The van der Waals surface area contributed by atoms with Crippen LogP contribution in [0.25, 0.3) is 0 Å². The minimum absolute atomic E-state index is 0.0742. The molecule has 0 radical (unpaired) electrons. The number of hydrogen-bond donors (Lipinski definition) is 0. The number of para-hydroxylation sites is 1. The summed E-state index contributed by atoms with van der Waals surface area (Å²) in [5.41, 5.74) is 0. The summed E-state index contributed by atoms with van der Waals surface area (Å²) in [6.07, 6.45) is 0.687. The van der Waals surface area contributed by atoms with E-state index in [2.05, 4.69) is 0 Å². The molecule has 0 aliphatic rings. The average Bonchev–Trinajstić information content (AvgIpc) is 2.81. The Morgan fingerprint density at radius 1 is 1.29 bits per heavy atom. The zero-order valence-electron chi connectivity index (χ0n) is 9.27. The number of benzene rings is 1. The Kier molecular flexibility index (Phi) is 3.23. The molecular formula is C13H11FO3. The largest absolute Gasteiger partial charge is 0.454 e. The standard InChI is InChI=1S/C13H11FO3/c1-2-9-7-8-12(16-9)13(15)17-11-6-4-3-5-10(11)14/h3-8H,2H2,1H3. The number of aryl methyl sites for hydroxylation is 1. The first kappa shape index (κ1) is 11.4. The number of furan rings is 1. The van der Waals surface area contributed by atoms with E-state index in [4.69, 9.17) is 9.15 Å². The van der Waals surface area contributed by atoms with Gasteiger partial charge < -0.3 is 9.15 Å². The van der Waals surface area contributed by atoms with E-state index in [-0.39, 0.29) is 11.5 Å². The first-order valence-corrected chi connectivity index (χ1v) is 5.26. The predicted molar refractivity (Wildman–Crippen MR) is 59.4 cm³/mol. The molecule has 0 spiro atoms. The number of rotatable bonds is 3. The van der Waals surface area contributed by atoms with E-state index < -0.39 is 11.8 Å². The van der Waals surface area contributed by atoms with Crippen molar-refractivity contribution in [1.82, 2.24) is 0 Å². The molecule has 0 N–H and O–H groups in total. The number of halogens is 1. The quantitative estimate of drug-likeness (QED) is 0.604. The van der Waals surface area contributed by atoms with Gasteiger partial charge in [0, 0.05) is 6.42 Å². The molecule has 3 nitrogen and oxygen atoms in total. The van der Waals surface area contributed by atoms with Gasteiger partial charge in [0.25, 0.3) is 0 Å². The van der Waals surface area contributed by atoms with E-state index in [9.17, 15) is 9.18 Å². The molecule has 4 heteroatoms. The maximum absolute atomic E-state index is 13.2. The zero-order valence-corrected chi connectivity index (χ0v) is 9.27. The number of carbonyl (C=O) groups is 1. The van der Waals surface area contributed by atoms with Crippen molar-refractivity contribution < 1.29 is 18.3 Å². The van der Waals surface area contributed by atoms with Crippen LogP contribution in [0.2, 0.25) is 0 Å². The topological polar surface area (TPSA) is 39.4 Å². The van der Waals surface area contributed by atoms with Gasteiger partial charge in [0.2, 0.25) is 5.76 Å². The van der Waals surface area contributed by atoms with Crippen molar-refractivity contribution in [3.8, 4) is 5.75 Å². The average molecular weight is 234 g/mol. The van der Waals surface area contributed by atoms with E-state index in [1.165, 1.54) is 24.3 Å². The highest BCUT2D eigenvalue weighted by Gasteiger charge is 2.15. The van der Waals surface area contributed by atoms with Gasteiger partial charge in [-0.15, -0.1) is 0 Å².